The molecule has 1 aromatic rings. The third kappa shape index (κ3) is 3.64. The molecule has 19 heavy (non-hydrogen) atoms. The molecule has 3 nitrogen and oxygen atoms in total. The maximum atomic E-state index is 13.1. The van der Waals surface area contributed by atoms with Crippen molar-refractivity contribution in [1.82, 2.24) is 4.90 Å². The lowest BCUT2D eigenvalue weighted by molar-refractivity contribution is 0.0622. The van der Waals surface area contributed by atoms with Crippen LogP contribution in [0.3, 0.4) is 0 Å². The van der Waals surface area contributed by atoms with E-state index in [4.69, 9.17) is 5.73 Å². The zero-order valence-electron chi connectivity index (χ0n) is 10.4. The molecule has 0 aromatic heterocycles. The van der Waals surface area contributed by atoms with Crippen molar-refractivity contribution in [1.29, 1.82) is 0 Å². The van der Waals surface area contributed by atoms with E-state index in [0.29, 0.717) is 13.1 Å². The monoisotopic (exact) mass is 290 g/mol. The van der Waals surface area contributed by atoms with Crippen molar-refractivity contribution in [3.8, 4) is 0 Å². The Hall–Kier alpha value is -1.20. The maximum Gasteiger partial charge on any atom is 0.254 e. The number of nitrogens with two attached hydrogens (primary N) is 1. The smallest absolute Gasteiger partial charge is 0.254 e. The summed E-state index contributed by atoms with van der Waals surface area (Å²) in [7, 11) is 0. The molecule has 2 N–H and O–H groups in total. The number of hydrogen-bond donors (Lipinski definition) is 1. The average Bonchev–Trinajstić information content (AvgIpc) is 2.36. The molecule has 6 heteroatoms. The van der Waals surface area contributed by atoms with Crippen molar-refractivity contribution < 1.29 is 13.6 Å². The van der Waals surface area contributed by atoms with Crippen molar-refractivity contribution in [2.45, 2.75) is 25.3 Å². The molecule has 0 radical (unpaired) electrons. The van der Waals surface area contributed by atoms with Gasteiger partial charge in [-0.25, -0.2) is 8.78 Å². The molecule has 106 valence electrons. The fourth-order valence-corrected chi connectivity index (χ4v) is 2.36. The molecule has 0 aliphatic carbocycles. The van der Waals surface area contributed by atoms with E-state index >= 15 is 0 Å². The highest BCUT2D eigenvalue weighted by Crippen LogP contribution is 2.20. The number of hydrogen-bond acceptors (Lipinski definition) is 2. The van der Waals surface area contributed by atoms with Crippen LogP contribution in [0.25, 0.3) is 0 Å². The van der Waals surface area contributed by atoms with Crippen LogP contribution in [0.1, 0.15) is 29.6 Å². The molecule has 1 aromatic carbocycles. The Morgan fingerprint density at radius 1 is 1.26 bits per heavy atom. The lowest BCUT2D eigenvalue weighted by Crippen LogP contribution is -2.47. The number of rotatable bonds is 2. The predicted octanol–water partition coefficient (Wildman–Crippen LogP) is 2.34. The summed E-state index contributed by atoms with van der Waals surface area (Å²) in [6, 6.07) is 2.85. The zero-order chi connectivity index (χ0) is 13.1. The van der Waals surface area contributed by atoms with Crippen LogP contribution in [0.5, 0.6) is 0 Å². The van der Waals surface area contributed by atoms with E-state index in [1.54, 1.807) is 4.90 Å². The highest BCUT2D eigenvalue weighted by atomic mass is 35.5. The first kappa shape index (κ1) is 15.9. The predicted molar refractivity (Wildman–Crippen MR) is 71.3 cm³/mol. The van der Waals surface area contributed by atoms with Crippen molar-refractivity contribution in [2.24, 2.45) is 5.73 Å². The van der Waals surface area contributed by atoms with Crippen LogP contribution in [0.15, 0.2) is 18.2 Å². The second-order valence-electron chi connectivity index (χ2n) is 4.54. The van der Waals surface area contributed by atoms with Crippen LogP contribution >= 0.6 is 12.4 Å². The summed E-state index contributed by atoms with van der Waals surface area (Å²) in [4.78, 5) is 13.8. The van der Waals surface area contributed by atoms with Gasteiger partial charge >= 0.3 is 0 Å². The van der Waals surface area contributed by atoms with Gasteiger partial charge in [-0.05, 0) is 31.4 Å². The summed E-state index contributed by atoms with van der Waals surface area (Å²) in [5, 5.41) is 0. The summed E-state index contributed by atoms with van der Waals surface area (Å²) in [6.45, 7) is 0.975. The van der Waals surface area contributed by atoms with Gasteiger partial charge in [0.2, 0.25) is 0 Å². The summed E-state index contributed by atoms with van der Waals surface area (Å²) in [6.07, 6.45) is 2.78. The van der Waals surface area contributed by atoms with Crippen molar-refractivity contribution in [3.05, 3.63) is 35.4 Å². The SMILES string of the molecule is Cl.NCC1CCCCN1C(=O)c1cc(F)cc(F)c1. The molecule has 1 aliphatic rings. The van der Waals surface area contributed by atoms with Crippen LogP contribution < -0.4 is 5.73 Å². The van der Waals surface area contributed by atoms with Crippen LogP contribution in [0, 0.1) is 11.6 Å². The van der Waals surface area contributed by atoms with E-state index in [1.165, 1.54) is 0 Å². The highest BCUT2D eigenvalue weighted by Gasteiger charge is 2.26. The molecule has 1 amide bonds. The number of halogens is 3. The molecule has 1 heterocycles. The Morgan fingerprint density at radius 3 is 2.47 bits per heavy atom. The van der Waals surface area contributed by atoms with E-state index in [-0.39, 0.29) is 29.9 Å². The van der Waals surface area contributed by atoms with Gasteiger partial charge in [0.1, 0.15) is 11.6 Å². The van der Waals surface area contributed by atoms with E-state index in [2.05, 4.69) is 0 Å². The highest BCUT2D eigenvalue weighted by molar-refractivity contribution is 5.94. The number of piperidine rings is 1. The Morgan fingerprint density at radius 2 is 1.89 bits per heavy atom. The second-order valence-corrected chi connectivity index (χ2v) is 4.54. The fourth-order valence-electron chi connectivity index (χ4n) is 2.36. The average molecular weight is 291 g/mol. The number of amides is 1. The van der Waals surface area contributed by atoms with Crippen LogP contribution in [-0.4, -0.2) is 29.9 Å². The van der Waals surface area contributed by atoms with Gasteiger partial charge in [0, 0.05) is 30.8 Å². The summed E-state index contributed by atoms with van der Waals surface area (Å²) in [5.74, 6) is -1.82. The Balaban J connectivity index is 0.00000180. The first-order valence-corrected chi connectivity index (χ1v) is 6.09. The van der Waals surface area contributed by atoms with Gasteiger partial charge in [-0.15, -0.1) is 12.4 Å². The Bertz CT molecular complexity index is 436. The Labute approximate surface area is 117 Å². The minimum atomic E-state index is -0.736. The molecule has 0 saturated carbocycles. The summed E-state index contributed by atoms with van der Waals surface area (Å²) in [5.41, 5.74) is 5.68. The normalized spacial score (nSPS) is 18.9. The van der Waals surface area contributed by atoms with Crippen LogP contribution in [0.4, 0.5) is 8.78 Å². The number of carbonyl (C=O) groups is 1. The first-order valence-electron chi connectivity index (χ1n) is 6.09. The minimum Gasteiger partial charge on any atom is -0.334 e. The third-order valence-electron chi connectivity index (χ3n) is 3.27. The van der Waals surface area contributed by atoms with Crippen LogP contribution in [0.2, 0.25) is 0 Å². The zero-order valence-corrected chi connectivity index (χ0v) is 11.3. The molecule has 2 rings (SSSR count). The number of benzene rings is 1. The molecule has 1 aliphatic heterocycles. The topological polar surface area (TPSA) is 46.3 Å². The van der Waals surface area contributed by atoms with E-state index in [9.17, 15) is 13.6 Å². The molecule has 0 bridgehead atoms. The first-order chi connectivity index (χ1) is 8.61. The summed E-state index contributed by atoms with van der Waals surface area (Å²) < 4.78 is 26.2. The molecule has 1 fully saturated rings. The van der Waals surface area contributed by atoms with Crippen molar-refractivity contribution in [3.63, 3.8) is 0 Å². The quantitative estimate of drug-likeness (QED) is 0.909. The minimum absolute atomic E-state index is 0. The third-order valence-corrected chi connectivity index (χ3v) is 3.27. The van der Waals surface area contributed by atoms with Crippen LogP contribution in [-0.2, 0) is 0 Å². The standard InChI is InChI=1S/C13H16F2N2O.ClH/c14-10-5-9(6-11(15)7-10)13(18)17-4-2-1-3-12(17)8-16;/h5-7,12H,1-4,8,16H2;1H. The molecule has 1 unspecified atom stereocenters. The summed E-state index contributed by atoms with van der Waals surface area (Å²) >= 11 is 0. The van der Waals surface area contributed by atoms with Gasteiger partial charge in [-0.1, -0.05) is 0 Å². The van der Waals surface area contributed by atoms with Gasteiger partial charge in [-0.2, -0.15) is 0 Å². The molecule has 0 spiro atoms. The fraction of sp³-hybridized carbons (Fsp3) is 0.462. The van der Waals surface area contributed by atoms with E-state index in [1.807, 2.05) is 0 Å². The number of likely N-dealkylation sites (tertiary alicyclic amines) is 1. The van der Waals surface area contributed by atoms with Gasteiger partial charge in [0.05, 0.1) is 0 Å². The van der Waals surface area contributed by atoms with Crippen molar-refractivity contribution >= 4 is 18.3 Å². The molecular weight excluding hydrogens is 274 g/mol. The van der Waals surface area contributed by atoms with E-state index < -0.39 is 11.6 Å². The van der Waals surface area contributed by atoms with Gasteiger partial charge < -0.3 is 10.6 Å². The van der Waals surface area contributed by atoms with Gasteiger partial charge in [0.25, 0.3) is 5.91 Å². The van der Waals surface area contributed by atoms with E-state index in [0.717, 1.165) is 37.5 Å². The van der Waals surface area contributed by atoms with Gasteiger partial charge in [0.15, 0.2) is 0 Å². The molecular formula is C13H17ClF2N2O. The van der Waals surface area contributed by atoms with Crippen molar-refractivity contribution in [2.75, 3.05) is 13.1 Å². The number of carbonyl (C=O) groups excluding carboxylic acids is 1. The number of nitrogens with zero attached hydrogens (tertiary/aromatic N) is 1. The molecule has 1 saturated heterocycles. The molecule has 1 atom stereocenters. The lowest BCUT2D eigenvalue weighted by Gasteiger charge is -2.35. The lowest BCUT2D eigenvalue weighted by atomic mass is 10.0. The Kier molecular flexibility index (Phi) is 5.69. The maximum absolute atomic E-state index is 13.1. The largest absolute Gasteiger partial charge is 0.334 e. The second kappa shape index (κ2) is 6.82. The van der Waals surface area contributed by atoms with Gasteiger partial charge in [-0.3, -0.25) is 4.79 Å².